The van der Waals surface area contributed by atoms with Gasteiger partial charge in [-0.15, -0.1) is 0 Å². The highest BCUT2D eigenvalue weighted by molar-refractivity contribution is 5.68. The van der Waals surface area contributed by atoms with E-state index in [2.05, 4.69) is 40.2 Å². The smallest absolute Gasteiger partial charge is 0.410 e. The number of hydrogen-bond acceptors (Lipinski definition) is 5. The summed E-state index contributed by atoms with van der Waals surface area (Å²) in [5.41, 5.74) is 2.35. The molecule has 0 bridgehead atoms. The molecule has 1 saturated carbocycles. The Balaban J connectivity index is 1.55. The molecular formula is C26H37N3O3. The van der Waals surface area contributed by atoms with E-state index in [-0.39, 0.29) is 12.7 Å². The predicted octanol–water partition coefficient (Wildman–Crippen LogP) is 4.76. The number of benzene rings is 1. The number of aromatic nitrogens is 1. The molecule has 6 heteroatoms. The van der Waals surface area contributed by atoms with Gasteiger partial charge in [-0.2, -0.15) is 0 Å². The lowest BCUT2D eigenvalue weighted by atomic mass is 10.2. The van der Waals surface area contributed by atoms with Crippen molar-refractivity contribution in [3.63, 3.8) is 0 Å². The van der Waals surface area contributed by atoms with Gasteiger partial charge in [-0.3, -0.25) is 9.88 Å². The Kier molecular flexibility index (Phi) is 8.65. The summed E-state index contributed by atoms with van der Waals surface area (Å²) in [4.78, 5) is 21.5. The third-order valence-corrected chi connectivity index (χ3v) is 5.48. The zero-order valence-electron chi connectivity index (χ0n) is 19.7. The number of amides is 1. The summed E-state index contributed by atoms with van der Waals surface area (Å²) < 4.78 is 5.63. The molecule has 1 fully saturated rings. The van der Waals surface area contributed by atoms with Crippen LogP contribution in [0.1, 0.15) is 63.3 Å². The molecule has 1 aromatic carbocycles. The van der Waals surface area contributed by atoms with Crippen molar-refractivity contribution in [2.24, 2.45) is 0 Å². The number of pyridine rings is 1. The summed E-state index contributed by atoms with van der Waals surface area (Å²) in [6.45, 7) is 8.60. The van der Waals surface area contributed by atoms with Crippen LogP contribution in [0, 0.1) is 0 Å². The normalized spacial score (nSPS) is 13.9. The van der Waals surface area contributed by atoms with Gasteiger partial charge in [-0.25, -0.2) is 4.79 Å². The number of aliphatic hydroxyl groups is 1. The lowest BCUT2D eigenvalue weighted by molar-refractivity contribution is 0.0226. The molecule has 1 aliphatic carbocycles. The van der Waals surface area contributed by atoms with Crippen LogP contribution < -0.4 is 0 Å². The van der Waals surface area contributed by atoms with Gasteiger partial charge in [0.1, 0.15) is 5.60 Å². The summed E-state index contributed by atoms with van der Waals surface area (Å²) in [6.07, 6.45) is 5.83. The van der Waals surface area contributed by atoms with Crippen molar-refractivity contribution < 1.29 is 14.6 Å². The minimum atomic E-state index is -0.547. The standard InChI is InChI=1S/C26H37N3O3/c1-26(2,3)32-25(31)29(19-23-17-22(20-30)13-14-27-23)16-8-7-15-28(24-11-12-24)18-21-9-5-4-6-10-21/h4-6,9-10,13-14,17,24,30H,7-8,11-12,15-16,18-20H2,1-3H3. The number of rotatable bonds is 11. The van der Waals surface area contributed by atoms with E-state index in [0.29, 0.717) is 19.1 Å². The van der Waals surface area contributed by atoms with Crippen molar-refractivity contribution in [3.8, 4) is 0 Å². The summed E-state index contributed by atoms with van der Waals surface area (Å²) >= 11 is 0. The minimum Gasteiger partial charge on any atom is -0.444 e. The van der Waals surface area contributed by atoms with E-state index in [1.165, 1.54) is 18.4 Å². The minimum absolute atomic E-state index is 0.0413. The Morgan fingerprint density at radius 3 is 2.44 bits per heavy atom. The molecule has 0 atom stereocenters. The van der Waals surface area contributed by atoms with Crippen LogP contribution in [0.15, 0.2) is 48.7 Å². The zero-order chi connectivity index (χ0) is 23.0. The third kappa shape index (κ3) is 8.24. The molecule has 1 N–H and O–H groups in total. The number of hydrogen-bond donors (Lipinski definition) is 1. The van der Waals surface area contributed by atoms with Crippen LogP contribution in [-0.4, -0.2) is 50.7 Å². The highest BCUT2D eigenvalue weighted by Gasteiger charge is 2.28. The first-order valence-electron chi connectivity index (χ1n) is 11.6. The molecular weight excluding hydrogens is 402 g/mol. The Bertz CT molecular complexity index is 847. The van der Waals surface area contributed by atoms with Crippen LogP contribution in [0.3, 0.4) is 0 Å². The molecule has 0 unspecified atom stereocenters. The fourth-order valence-corrected chi connectivity index (χ4v) is 3.74. The Morgan fingerprint density at radius 1 is 1.06 bits per heavy atom. The van der Waals surface area contributed by atoms with Crippen molar-refractivity contribution >= 4 is 6.09 Å². The maximum Gasteiger partial charge on any atom is 0.410 e. The van der Waals surface area contributed by atoms with Crippen molar-refractivity contribution in [2.75, 3.05) is 13.1 Å². The van der Waals surface area contributed by atoms with E-state index in [4.69, 9.17) is 4.74 Å². The first-order chi connectivity index (χ1) is 15.3. The Morgan fingerprint density at radius 2 is 1.78 bits per heavy atom. The van der Waals surface area contributed by atoms with Gasteiger partial charge in [0.15, 0.2) is 0 Å². The second-order valence-corrected chi connectivity index (χ2v) is 9.61. The predicted molar refractivity (Wildman–Crippen MR) is 126 cm³/mol. The fraction of sp³-hybridized carbons (Fsp3) is 0.538. The van der Waals surface area contributed by atoms with Gasteiger partial charge in [0.2, 0.25) is 0 Å². The molecule has 1 aliphatic rings. The van der Waals surface area contributed by atoms with Crippen molar-refractivity contribution in [1.29, 1.82) is 0 Å². The summed E-state index contributed by atoms with van der Waals surface area (Å²) in [6, 6.07) is 14.9. The average Bonchev–Trinajstić information content (AvgIpc) is 3.60. The second kappa shape index (κ2) is 11.4. The molecule has 0 spiro atoms. The average molecular weight is 440 g/mol. The van der Waals surface area contributed by atoms with Gasteiger partial charge in [-0.1, -0.05) is 30.3 Å². The zero-order valence-corrected chi connectivity index (χ0v) is 19.7. The molecule has 6 nitrogen and oxygen atoms in total. The molecule has 0 saturated heterocycles. The lowest BCUT2D eigenvalue weighted by Gasteiger charge is -2.28. The van der Waals surface area contributed by atoms with E-state index in [9.17, 15) is 9.90 Å². The quantitative estimate of drug-likeness (QED) is 0.512. The molecule has 2 aromatic rings. The molecule has 1 heterocycles. The van der Waals surface area contributed by atoms with E-state index in [1.807, 2.05) is 26.8 Å². The Hall–Kier alpha value is -2.44. The molecule has 0 radical (unpaired) electrons. The largest absolute Gasteiger partial charge is 0.444 e. The molecule has 1 aromatic heterocycles. The third-order valence-electron chi connectivity index (χ3n) is 5.48. The van der Waals surface area contributed by atoms with E-state index < -0.39 is 5.60 Å². The van der Waals surface area contributed by atoms with E-state index in [0.717, 1.165) is 37.2 Å². The maximum absolute atomic E-state index is 12.8. The van der Waals surface area contributed by atoms with E-state index >= 15 is 0 Å². The summed E-state index contributed by atoms with van der Waals surface area (Å²) in [5, 5.41) is 9.40. The van der Waals surface area contributed by atoms with Gasteiger partial charge in [-0.05, 0) is 76.3 Å². The number of ether oxygens (including phenoxy) is 1. The molecule has 32 heavy (non-hydrogen) atoms. The number of nitrogens with zero attached hydrogens (tertiary/aromatic N) is 3. The lowest BCUT2D eigenvalue weighted by Crippen LogP contribution is -2.37. The monoisotopic (exact) mass is 439 g/mol. The fourth-order valence-electron chi connectivity index (χ4n) is 3.74. The first kappa shape index (κ1) is 24.2. The maximum atomic E-state index is 12.8. The van der Waals surface area contributed by atoms with Gasteiger partial charge in [0.05, 0.1) is 18.8 Å². The molecule has 0 aliphatic heterocycles. The van der Waals surface area contributed by atoms with Crippen LogP contribution >= 0.6 is 0 Å². The number of carbonyl (C=O) groups excluding carboxylic acids is 1. The van der Waals surface area contributed by atoms with Crippen LogP contribution in [-0.2, 0) is 24.4 Å². The summed E-state index contributed by atoms with van der Waals surface area (Å²) in [5.74, 6) is 0. The van der Waals surface area contributed by atoms with Crippen molar-refractivity contribution in [1.82, 2.24) is 14.8 Å². The topological polar surface area (TPSA) is 65.9 Å². The van der Waals surface area contributed by atoms with Crippen molar-refractivity contribution in [3.05, 3.63) is 65.5 Å². The van der Waals surface area contributed by atoms with Crippen molar-refractivity contribution in [2.45, 2.75) is 77.8 Å². The van der Waals surface area contributed by atoms with Crippen LogP contribution in [0.2, 0.25) is 0 Å². The number of unbranched alkanes of at least 4 members (excludes halogenated alkanes) is 1. The second-order valence-electron chi connectivity index (χ2n) is 9.61. The van der Waals surface area contributed by atoms with Gasteiger partial charge in [0, 0.05) is 25.3 Å². The molecule has 3 rings (SSSR count). The number of aliphatic hydroxyl groups excluding tert-OH is 1. The highest BCUT2D eigenvalue weighted by Crippen LogP contribution is 2.28. The van der Waals surface area contributed by atoms with Crippen LogP contribution in [0.4, 0.5) is 4.79 Å². The summed E-state index contributed by atoms with van der Waals surface area (Å²) in [7, 11) is 0. The molecule has 174 valence electrons. The molecule has 1 amide bonds. The highest BCUT2D eigenvalue weighted by atomic mass is 16.6. The van der Waals surface area contributed by atoms with Crippen LogP contribution in [0.25, 0.3) is 0 Å². The number of carbonyl (C=O) groups is 1. The first-order valence-corrected chi connectivity index (χ1v) is 11.6. The van der Waals surface area contributed by atoms with Gasteiger partial charge < -0.3 is 14.7 Å². The van der Waals surface area contributed by atoms with E-state index in [1.54, 1.807) is 17.2 Å². The van der Waals surface area contributed by atoms with Gasteiger partial charge in [0.25, 0.3) is 0 Å². The Labute approximate surface area is 192 Å². The SMILES string of the molecule is CC(C)(C)OC(=O)N(CCCCN(Cc1ccccc1)C1CC1)Cc1cc(CO)ccn1. The van der Waals surface area contributed by atoms with Gasteiger partial charge >= 0.3 is 6.09 Å². The van der Waals surface area contributed by atoms with Crippen LogP contribution in [0.5, 0.6) is 0 Å².